The molecular weight excluding hydrogens is 200 g/mol. The molecule has 1 atom stereocenters. The molecule has 1 unspecified atom stereocenters. The average Bonchev–Trinajstić information content (AvgIpc) is 2.19. The van der Waals surface area contributed by atoms with Crippen molar-refractivity contribution in [3.8, 4) is 0 Å². The summed E-state index contributed by atoms with van der Waals surface area (Å²) < 4.78 is 0. The number of carbonyl (C=O) groups excluding carboxylic acids is 2. The zero-order valence-corrected chi connectivity index (χ0v) is 11.5. The highest BCUT2D eigenvalue weighted by atomic mass is 16.1. The molecule has 0 aliphatic carbocycles. The van der Waals surface area contributed by atoms with Crippen LogP contribution in [0.5, 0.6) is 0 Å². The molecule has 0 bridgehead atoms. The van der Waals surface area contributed by atoms with Crippen molar-refractivity contribution in [2.45, 2.75) is 60.3 Å². The summed E-state index contributed by atoms with van der Waals surface area (Å²) in [4.78, 5) is 19.7. The normalized spacial score (nSPS) is 11.9. The van der Waals surface area contributed by atoms with Crippen LogP contribution in [-0.4, -0.2) is 12.6 Å². The minimum Gasteiger partial charge on any atom is -0.303 e. The molecule has 0 radical (unpaired) electrons. The number of rotatable bonds is 7. The van der Waals surface area contributed by atoms with E-state index in [1.54, 1.807) is 0 Å². The summed E-state index contributed by atoms with van der Waals surface area (Å²) in [6.07, 6.45) is 5.66. The Bertz CT molecular complexity index is 162. The zero-order valence-electron chi connectivity index (χ0n) is 11.5. The maximum Gasteiger partial charge on any atom is 0.120 e. The van der Waals surface area contributed by atoms with Gasteiger partial charge in [0.1, 0.15) is 12.6 Å². The Labute approximate surface area is 101 Å². The SMILES string of the molecule is CC(C)C(C)CC=O.CC(C)CCCC=O. The quantitative estimate of drug-likeness (QED) is 0.489. The summed E-state index contributed by atoms with van der Waals surface area (Å²) in [5.41, 5.74) is 0. The fourth-order valence-corrected chi connectivity index (χ4v) is 1.03. The van der Waals surface area contributed by atoms with Crippen molar-refractivity contribution in [2.24, 2.45) is 17.8 Å². The molecule has 0 aromatic rings. The van der Waals surface area contributed by atoms with E-state index in [9.17, 15) is 9.59 Å². The lowest BCUT2D eigenvalue weighted by molar-refractivity contribution is -0.109. The third kappa shape index (κ3) is 15.8. The van der Waals surface area contributed by atoms with E-state index in [0.29, 0.717) is 18.3 Å². The lowest BCUT2D eigenvalue weighted by atomic mass is 9.96. The van der Waals surface area contributed by atoms with Gasteiger partial charge >= 0.3 is 0 Å². The number of hydrogen-bond acceptors (Lipinski definition) is 2. The highest BCUT2D eigenvalue weighted by molar-refractivity contribution is 5.49. The van der Waals surface area contributed by atoms with E-state index in [1.165, 1.54) is 6.42 Å². The first-order chi connectivity index (χ1) is 7.45. The highest BCUT2D eigenvalue weighted by Crippen LogP contribution is 2.11. The second kappa shape index (κ2) is 12.4. The van der Waals surface area contributed by atoms with Crippen molar-refractivity contribution < 1.29 is 9.59 Å². The smallest absolute Gasteiger partial charge is 0.120 e. The van der Waals surface area contributed by atoms with Gasteiger partial charge in [-0.25, -0.2) is 0 Å². The lowest BCUT2D eigenvalue weighted by Crippen LogP contribution is -2.03. The summed E-state index contributed by atoms with van der Waals surface area (Å²) in [5, 5.41) is 0. The van der Waals surface area contributed by atoms with Gasteiger partial charge in [-0.1, -0.05) is 41.0 Å². The molecule has 0 aromatic heterocycles. The predicted molar refractivity (Wildman–Crippen MR) is 69.4 cm³/mol. The molecule has 0 fully saturated rings. The van der Waals surface area contributed by atoms with Crippen molar-refractivity contribution in [3.05, 3.63) is 0 Å². The summed E-state index contributed by atoms with van der Waals surface area (Å²) in [5.74, 6) is 1.93. The van der Waals surface area contributed by atoms with Gasteiger partial charge in [-0.05, 0) is 24.2 Å². The monoisotopic (exact) mass is 228 g/mol. The number of hydrogen-bond donors (Lipinski definition) is 0. The molecule has 0 heterocycles. The molecule has 0 N–H and O–H groups in total. The van der Waals surface area contributed by atoms with Crippen molar-refractivity contribution in [3.63, 3.8) is 0 Å². The van der Waals surface area contributed by atoms with Gasteiger partial charge in [0.25, 0.3) is 0 Å². The van der Waals surface area contributed by atoms with Crippen LogP contribution in [0.3, 0.4) is 0 Å². The first kappa shape index (κ1) is 17.7. The molecule has 0 aromatic carbocycles. The molecule has 2 nitrogen and oxygen atoms in total. The fraction of sp³-hybridized carbons (Fsp3) is 0.857. The van der Waals surface area contributed by atoms with Crippen LogP contribution in [0.1, 0.15) is 60.3 Å². The Kier molecular flexibility index (Phi) is 13.7. The predicted octanol–water partition coefficient (Wildman–Crippen LogP) is 3.88. The third-order valence-corrected chi connectivity index (χ3v) is 2.71. The molecule has 0 saturated carbocycles. The lowest BCUT2D eigenvalue weighted by Gasteiger charge is -2.09. The van der Waals surface area contributed by atoms with E-state index in [2.05, 4.69) is 34.6 Å². The van der Waals surface area contributed by atoms with Crippen LogP contribution in [0.25, 0.3) is 0 Å². The van der Waals surface area contributed by atoms with Gasteiger partial charge in [-0.15, -0.1) is 0 Å². The minimum absolute atomic E-state index is 0.549. The summed E-state index contributed by atoms with van der Waals surface area (Å²) >= 11 is 0. The fourth-order valence-electron chi connectivity index (χ4n) is 1.03. The zero-order chi connectivity index (χ0) is 13.0. The van der Waals surface area contributed by atoms with Gasteiger partial charge in [0.2, 0.25) is 0 Å². The first-order valence-corrected chi connectivity index (χ1v) is 6.32. The minimum atomic E-state index is 0.549. The molecule has 0 amide bonds. The molecule has 0 aliphatic heterocycles. The van der Waals surface area contributed by atoms with E-state index >= 15 is 0 Å². The summed E-state index contributed by atoms with van der Waals surface area (Å²) in [7, 11) is 0. The van der Waals surface area contributed by atoms with Crippen molar-refractivity contribution in [2.75, 3.05) is 0 Å². The van der Waals surface area contributed by atoms with Crippen LogP contribution in [0.2, 0.25) is 0 Å². The average molecular weight is 228 g/mol. The molecule has 0 spiro atoms. The largest absolute Gasteiger partial charge is 0.303 e. The maximum atomic E-state index is 9.92. The van der Waals surface area contributed by atoms with Crippen LogP contribution in [0.4, 0.5) is 0 Å². The highest BCUT2D eigenvalue weighted by Gasteiger charge is 2.04. The van der Waals surface area contributed by atoms with Gasteiger partial charge < -0.3 is 9.59 Å². The van der Waals surface area contributed by atoms with Crippen LogP contribution in [0.15, 0.2) is 0 Å². The van der Waals surface area contributed by atoms with Gasteiger partial charge in [-0.2, -0.15) is 0 Å². The molecule has 0 saturated heterocycles. The van der Waals surface area contributed by atoms with Crippen LogP contribution in [-0.2, 0) is 9.59 Å². The molecular formula is C14H28O2. The van der Waals surface area contributed by atoms with Gasteiger partial charge in [-0.3, -0.25) is 0 Å². The molecule has 0 rings (SSSR count). The molecule has 16 heavy (non-hydrogen) atoms. The molecule has 96 valence electrons. The van der Waals surface area contributed by atoms with Crippen LogP contribution in [0, 0.1) is 17.8 Å². The number of aldehydes is 2. The summed E-state index contributed by atoms with van der Waals surface area (Å²) in [6, 6.07) is 0. The molecule has 2 heteroatoms. The van der Waals surface area contributed by atoms with Gasteiger partial charge in [0, 0.05) is 12.8 Å². The number of unbranched alkanes of at least 4 members (excludes halogenated alkanes) is 1. The van der Waals surface area contributed by atoms with Crippen LogP contribution >= 0.6 is 0 Å². The Morgan fingerprint density at radius 1 is 0.938 bits per heavy atom. The second-order valence-corrected chi connectivity index (χ2v) is 5.12. The van der Waals surface area contributed by atoms with Crippen molar-refractivity contribution in [1.82, 2.24) is 0 Å². The van der Waals surface area contributed by atoms with E-state index < -0.39 is 0 Å². The Balaban J connectivity index is 0. The summed E-state index contributed by atoms with van der Waals surface area (Å²) in [6.45, 7) is 10.7. The topological polar surface area (TPSA) is 34.1 Å². The van der Waals surface area contributed by atoms with E-state index in [4.69, 9.17) is 0 Å². The van der Waals surface area contributed by atoms with Crippen molar-refractivity contribution in [1.29, 1.82) is 0 Å². The van der Waals surface area contributed by atoms with Gasteiger partial charge in [0.15, 0.2) is 0 Å². The maximum absolute atomic E-state index is 9.92. The van der Waals surface area contributed by atoms with Gasteiger partial charge in [0.05, 0.1) is 0 Å². The van der Waals surface area contributed by atoms with E-state index in [-0.39, 0.29) is 0 Å². The molecule has 0 aliphatic rings. The standard InChI is InChI=1S/2C7H14O/c1-6(2)7(3)4-5-8;1-7(2)5-3-4-6-8/h5-7H,4H2,1-3H3;6-7H,3-5H2,1-2H3. The Hall–Kier alpha value is -0.660. The van der Waals surface area contributed by atoms with Crippen molar-refractivity contribution >= 4 is 12.6 Å². The second-order valence-electron chi connectivity index (χ2n) is 5.12. The van der Waals surface area contributed by atoms with E-state index in [1.807, 2.05) is 0 Å². The Morgan fingerprint density at radius 3 is 1.75 bits per heavy atom. The Morgan fingerprint density at radius 2 is 1.50 bits per heavy atom. The number of carbonyl (C=O) groups is 2. The first-order valence-electron chi connectivity index (χ1n) is 6.32. The van der Waals surface area contributed by atoms with E-state index in [0.717, 1.165) is 31.3 Å². The third-order valence-electron chi connectivity index (χ3n) is 2.71. The van der Waals surface area contributed by atoms with Crippen LogP contribution < -0.4 is 0 Å².